The first-order chi connectivity index (χ1) is 5.77. The van der Waals surface area contributed by atoms with E-state index >= 15 is 0 Å². The molecule has 0 aromatic rings. The minimum Gasteiger partial charge on any atom is -0.480 e. The van der Waals surface area contributed by atoms with E-state index in [1.165, 1.54) is 0 Å². The fourth-order valence-electron chi connectivity index (χ4n) is 1.80. The van der Waals surface area contributed by atoms with Crippen LogP contribution in [0.3, 0.4) is 0 Å². The van der Waals surface area contributed by atoms with Crippen LogP contribution >= 0.6 is 0 Å². The van der Waals surface area contributed by atoms with Gasteiger partial charge >= 0.3 is 5.97 Å². The third-order valence-electron chi connectivity index (χ3n) is 2.45. The molecule has 1 heterocycles. The van der Waals surface area contributed by atoms with Crippen LogP contribution in [-0.4, -0.2) is 23.2 Å². The van der Waals surface area contributed by atoms with Gasteiger partial charge in [-0.1, -0.05) is 24.3 Å². The molecular weight excluding hydrogens is 154 g/mol. The lowest BCUT2D eigenvalue weighted by molar-refractivity contribution is -0.139. The summed E-state index contributed by atoms with van der Waals surface area (Å²) in [5, 5.41) is 11.8. The third kappa shape index (κ3) is 1.16. The smallest absolute Gasteiger partial charge is 0.320 e. The lowest BCUT2D eigenvalue weighted by atomic mass is 9.95. The minimum absolute atomic E-state index is 0.232. The molecule has 1 aliphatic heterocycles. The largest absolute Gasteiger partial charge is 0.480 e. The number of hydrogen-bond acceptors (Lipinski definition) is 2. The fraction of sp³-hybridized carbons (Fsp3) is 0.444. The second-order valence-electron chi connectivity index (χ2n) is 3.25. The van der Waals surface area contributed by atoms with E-state index in [1.807, 2.05) is 18.2 Å². The van der Waals surface area contributed by atoms with E-state index in [-0.39, 0.29) is 12.1 Å². The topological polar surface area (TPSA) is 49.3 Å². The summed E-state index contributed by atoms with van der Waals surface area (Å²) in [7, 11) is 0. The van der Waals surface area contributed by atoms with E-state index in [9.17, 15) is 4.79 Å². The summed E-state index contributed by atoms with van der Waals surface area (Å²) in [5.74, 6) is -0.373. The number of aliphatic carboxylic acids is 1. The van der Waals surface area contributed by atoms with Gasteiger partial charge in [0.15, 0.2) is 0 Å². The van der Waals surface area contributed by atoms with E-state index in [1.54, 1.807) is 0 Å². The van der Waals surface area contributed by atoms with Gasteiger partial charge in [-0.3, -0.25) is 10.1 Å². The molecule has 1 aliphatic carbocycles. The molecule has 0 aromatic carbocycles. The van der Waals surface area contributed by atoms with E-state index < -0.39 is 5.97 Å². The zero-order chi connectivity index (χ0) is 8.55. The lowest BCUT2D eigenvalue weighted by Crippen LogP contribution is -2.35. The highest BCUT2D eigenvalue weighted by Gasteiger charge is 2.34. The Kier molecular flexibility index (Phi) is 1.73. The predicted molar refractivity (Wildman–Crippen MR) is 44.7 cm³/mol. The van der Waals surface area contributed by atoms with Crippen LogP contribution in [0.25, 0.3) is 0 Å². The average Bonchev–Trinajstić information content (AvgIpc) is 2.46. The van der Waals surface area contributed by atoms with Crippen LogP contribution in [0.4, 0.5) is 0 Å². The van der Waals surface area contributed by atoms with Crippen LogP contribution < -0.4 is 5.32 Å². The van der Waals surface area contributed by atoms with Gasteiger partial charge in [-0.15, -0.1) is 0 Å². The van der Waals surface area contributed by atoms with Gasteiger partial charge in [-0.2, -0.15) is 0 Å². The normalized spacial score (nSPS) is 38.2. The molecule has 2 aliphatic rings. The van der Waals surface area contributed by atoms with Crippen molar-refractivity contribution in [2.45, 2.75) is 18.5 Å². The van der Waals surface area contributed by atoms with Gasteiger partial charge in [0.25, 0.3) is 0 Å². The number of allylic oxidation sites excluding steroid dienone is 2. The van der Waals surface area contributed by atoms with Gasteiger partial charge in [0.2, 0.25) is 0 Å². The van der Waals surface area contributed by atoms with Crippen molar-refractivity contribution in [1.29, 1.82) is 0 Å². The number of rotatable bonds is 1. The molecule has 0 saturated carbocycles. The van der Waals surface area contributed by atoms with E-state index in [2.05, 4.69) is 11.4 Å². The Morgan fingerprint density at radius 2 is 2.17 bits per heavy atom. The molecular formula is C9H11NO2. The quantitative estimate of drug-likeness (QED) is 0.596. The van der Waals surface area contributed by atoms with E-state index in [0.717, 1.165) is 0 Å². The second kappa shape index (κ2) is 2.75. The van der Waals surface area contributed by atoms with E-state index in [0.29, 0.717) is 12.3 Å². The highest BCUT2D eigenvalue weighted by atomic mass is 16.4. The summed E-state index contributed by atoms with van der Waals surface area (Å²) < 4.78 is 0. The first kappa shape index (κ1) is 7.55. The van der Waals surface area contributed by atoms with Gasteiger partial charge in [-0.05, 0) is 12.3 Å². The van der Waals surface area contributed by atoms with Gasteiger partial charge in [-0.25, -0.2) is 0 Å². The Balaban J connectivity index is 2.10. The Labute approximate surface area is 70.8 Å². The van der Waals surface area contributed by atoms with Gasteiger partial charge in [0.1, 0.15) is 6.04 Å². The molecule has 12 heavy (non-hydrogen) atoms. The van der Waals surface area contributed by atoms with Gasteiger partial charge in [0.05, 0.1) is 0 Å². The maximum atomic E-state index is 10.6. The van der Waals surface area contributed by atoms with Gasteiger partial charge < -0.3 is 5.11 Å². The zero-order valence-corrected chi connectivity index (χ0v) is 6.60. The molecule has 2 N–H and O–H groups in total. The number of fused-ring (bicyclic) bond motifs is 1. The summed E-state index contributed by atoms with van der Waals surface area (Å²) in [5.41, 5.74) is 0. The summed E-state index contributed by atoms with van der Waals surface area (Å²) >= 11 is 0. The Morgan fingerprint density at radius 3 is 2.83 bits per heavy atom. The molecule has 64 valence electrons. The molecule has 3 heteroatoms. The van der Waals surface area contributed by atoms with Crippen molar-refractivity contribution in [1.82, 2.24) is 5.32 Å². The molecule has 0 spiro atoms. The van der Waals surface area contributed by atoms with Crippen molar-refractivity contribution in [3.05, 3.63) is 24.3 Å². The van der Waals surface area contributed by atoms with Crippen molar-refractivity contribution in [2.75, 3.05) is 0 Å². The summed E-state index contributed by atoms with van der Waals surface area (Å²) in [6.07, 6.45) is 8.74. The molecule has 3 unspecified atom stereocenters. The third-order valence-corrected chi connectivity index (χ3v) is 2.45. The first-order valence-corrected chi connectivity index (χ1v) is 4.11. The van der Waals surface area contributed by atoms with Crippen LogP contribution in [0.5, 0.6) is 0 Å². The maximum absolute atomic E-state index is 10.6. The number of hydrogen-bond donors (Lipinski definition) is 2. The van der Waals surface area contributed by atoms with Gasteiger partial charge in [0, 0.05) is 6.04 Å². The van der Waals surface area contributed by atoms with Crippen LogP contribution in [0.1, 0.15) is 6.42 Å². The molecule has 3 atom stereocenters. The standard InChI is InChI=1S/C9H11NO2/c11-9(12)8-5-6-3-1-2-4-7(6)10-8/h1-4,6-8,10H,5H2,(H,11,12). The zero-order valence-electron chi connectivity index (χ0n) is 6.60. The molecule has 0 aromatic heterocycles. The molecule has 0 amide bonds. The number of carboxylic acid groups (broad SMARTS) is 1. The van der Waals surface area contributed by atoms with Crippen molar-refractivity contribution in [3.63, 3.8) is 0 Å². The Hall–Kier alpha value is -1.09. The molecule has 0 bridgehead atoms. The monoisotopic (exact) mass is 165 g/mol. The van der Waals surface area contributed by atoms with Crippen molar-refractivity contribution in [2.24, 2.45) is 5.92 Å². The summed E-state index contributed by atoms with van der Waals surface area (Å²) in [4.78, 5) is 10.6. The van der Waals surface area contributed by atoms with Crippen LogP contribution in [0, 0.1) is 5.92 Å². The van der Waals surface area contributed by atoms with Crippen molar-refractivity contribution < 1.29 is 9.90 Å². The molecule has 1 saturated heterocycles. The minimum atomic E-state index is -0.744. The summed E-state index contributed by atoms with van der Waals surface area (Å²) in [6, 6.07) is -0.136. The maximum Gasteiger partial charge on any atom is 0.320 e. The molecule has 1 fully saturated rings. The number of carbonyl (C=O) groups is 1. The highest BCUT2D eigenvalue weighted by molar-refractivity contribution is 5.74. The van der Waals surface area contributed by atoms with Crippen LogP contribution in [0.15, 0.2) is 24.3 Å². The molecule has 2 rings (SSSR count). The van der Waals surface area contributed by atoms with E-state index in [4.69, 9.17) is 5.11 Å². The average molecular weight is 165 g/mol. The second-order valence-corrected chi connectivity index (χ2v) is 3.25. The van der Waals surface area contributed by atoms with Crippen molar-refractivity contribution >= 4 is 5.97 Å². The Morgan fingerprint density at radius 1 is 1.42 bits per heavy atom. The first-order valence-electron chi connectivity index (χ1n) is 4.11. The SMILES string of the molecule is O=C(O)C1CC2C=CC=CC2N1. The van der Waals surface area contributed by atoms with Crippen molar-refractivity contribution in [3.8, 4) is 0 Å². The number of nitrogens with one attached hydrogen (secondary N) is 1. The number of carboxylic acids is 1. The van der Waals surface area contributed by atoms with Crippen LogP contribution in [-0.2, 0) is 4.79 Å². The molecule has 3 nitrogen and oxygen atoms in total. The summed E-state index contributed by atoms with van der Waals surface area (Å²) in [6.45, 7) is 0. The predicted octanol–water partition coefficient (Wildman–Crippen LogP) is 0.544. The fourth-order valence-corrected chi connectivity index (χ4v) is 1.80. The lowest BCUT2D eigenvalue weighted by Gasteiger charge is -2.13. The highest BCUT2D eigenvalue weighted by Crippen LogP contribution is 2.25. The van der Waals surface area contributed by atoms with Crippen LogP contribution in [0.2, 0.25) is 0 Å². The molecule has 0 radical (unpaired) electrons. The Bertz CT molecular complexity index is 237.